The van der Waals surface area contributed by atoms with E-state index in [1.807, 2.05) is 51.1 Å². The van der Waals surface area contributed by atoms with Crippen molar-refractivity contribution < 1.29 is 28.5 Å². The van der Waals surface area contributed by atoms with Gasteiger partial charge in [0.1, 0.15) is 23.1 Å². The third kappa shape index (κ3) is 4.97. The maximum Gasteiger partial charge on any atom is 0.410 e. The number of halogens is 1. The highest BCUT2D eigenvalue weighted by Crippen LogP contribution is 2.47. The minimum atomic E-state index is -1.11. The first kappa shape index (κ1) is 24.6. The van der Waals surface area contributed by atoms with Gasteiger partial charge in [-0.15, -0.1) is 0 Å². The van der Waals surface area contributed by atoms with Gasteiger partial charge in [-0.05, 0) is 56.4 Å². The van der Waals surface area contributed by atoms with Crippen LogP contribution in [0, 0.1) is 5.82 Å². The molecule has 34 heavy (non-hydrogen) atoms. The molecule has 0 aromatic heterocycles. The van der Waals surface area contributed by atoms with Crippen LogP contribution in [-0.4, -0.2) is 53.8 Å². The van der Waals surface area contributed by atoms with Gasteiger partial charge < -0.3 is 24.2 Å². The number of morpholine rings is 1. The molecule has 2 fully saturated rings. The number of ether oxygens (including phenoxy) is 3. The van der Waals surface area contributed by atoms with Crippen LogP contribution in [0.2, 0.25) is 0 Å². The summed E-state index contributed by atoms with van der Waals surface area (Å²) in [5.74, 6) is -0.366. The van der Waals surface area contributed by atoms with Gasteiger partial charge in [-0.3, -0.25) is 0 Å². The number of rotatable bonds is 4. The highest BCUT2D eigenvalue weighted by molar-refractivity contribution is 5.71. The second kappa shape index (κ2) is 9.64. The molecule has 3 atom stereocenters. The lowest BCUT2D eigenvalue weighted by Crippen LogP contribution is -2.55. The van der Waals surface area contributed by atoms with Gasteiger partial charge in [0.2, 0.25) is 0 Å². The molecule has 1 N–H and O–H groups in total. The van der Waals surface area contributed by atoms with Gasteiger partial charge in [-0.1, -0.05) is 43.3 Å². The molecule has 4 rings (SSSR count). The largest absolute Gasteiger partial charge is 0.444 e. The first-order valence-electron chi connectivity index (χ1n) is 12.0. The van der Waals surface area contributed by atoms with Gasteiger partial charge in [0, 0.05) is 18.5 Å². The number of aliphatic hydroxyl groups is 1. The highest BCUT2D eigenvalue weighted by Gasteiger charge is 2.52. The summed E-state index contributed by atoms with van der Waals surface area (Å²) in [6.07, 6.45) is -0.375. The third-order valence-electron chi connectivity index (χ3n) is 6.44. The summed E-state index contributed by atoms with van der Waals surface area (Å²) in [5, 5.41) is 10.4. The van der Waals surface area contributed by atoms with E-state index in [1.165, 1.54) is 6.07 Å². The molecule has 0 bridgehead atoms. The number of aliphatic hydroxyl groups excluding tert-OH is 1. The molecule has 6 nitrogen and oxygen atoms in total. The summed E-state index contributed by atoms with van der Waals surface area (Å²) >= 11 is 0. The monoisotopic (exact) mass is 471 g/mol. The first-order chi connectivity index (χ1) is 16.1. The zero-order valence-electron chi connectivity index (χ0n) is 20.3. The maximum absolute atomic E-state index is 15.4. The van der Waals surface area contributed by atoms with Gasteiger partial charge in [-0.25, -0.2) is 9.18 Å². The summed E-state index contributed by atoms with van der Waals surface area (Å²) in [5.41, 5.74) is 1.16. The van der Waals surface area contributed by atoms with Crippen molar-refractivity contribution in [1.82, 2.24) is 4.90 Å². The number of nitrogens with zero attached hydrogens (tertiary/aromatic N) is 1. The van der Waals surface area contributed by atoms with Crippen LogP contribution in [-0.2, 0) is 26.2 Å². The second-order valence-corrected chi connectivity index (χ2v) is 10.0. The molecule has 0 radical (unpaired) electrons. The molecule has 2 aromatic rings. The highest BCUT2D eigenvalue weighted by atomic mass is 19.1. The van der Waals surface area contributed by atoms with E-state index in [0.29, 0.717) is 37.1 Å². The maximum atomic E-state index is 15.4. The van der Waals surface area contributed by atoms with Crippen molar-refractivity contribution in [3.63, 3.8) is 0 Å². The summed E-state index contributed by atoms with van der Waals surface area (Å²) in [7, 11) is 0. The summed E-state index contributed by atoms with van der Waals surface area (Å²) < 4.78 is 33.3. The van der Waals surface area contributed by atoms with Crippen LogP contribution in [0.1, 0.15) is 51.7 Å². The number of aryl methyl sites for hydroxylation is 1. The normalized spacial score (nSPS) is 25.4. The summed E-state index contributed by atoms with van der Waals surface area (Å²) in [6, 6.07) is 12.7. The van der Waals surface area contributed by atoms with Crippen LogP contribution >= 0.6 is 0 Å². The minimum Gasteiger partial charge on any atom is -0.444 e. The Labute approximate surface area is 200 Å². The van der Waals surface area contributed by atoms with E-state index in [0.717, 1.165) is 17.5 Å². The number of hydrogen-bond acceptors (Lipinski definition) is 5. The van der Waals surface area contributed by atoms with Crippen molar-refractivity contribution in [2.45, 2.75) is 70.6 Å². The Kier molecular flexibility index (Phi) is 6.99. The first-order valence-corrected chi connectivity index (χ1v) is 12.0. The van der Waals surface area contributed by atoms with E-state index in [2.05, 4.69) is 6.92 Å². The van der Waals surface area contributed by atoms with Crippen molar-refractivity contribution >= 4 is 6.09 Å². The molecular weight excluding hydrogens is 437 g/mol. The van der Waals surface area contributed by atoms with Crippen molar-refractivity contribution in [2.75, 3.05) is 19.7 Å². The molecule has 1 amide bonds. The predicted molar refractivity (Wildman–Crippen MR) is 127 cm³/mol. The average Bonchev–Trinajstić information content (AvgIpc) is 3.20. The molecular formula is C27H34FNO5. The van der Waals surface area contributed by atoms with Gasteiger partial charge in [-0.2, -0.15) is 0 Å². The molecule has 2 heterocycles. The number of benzene rings is 2. The molecule has 2 aromatic carbocycles. The Hall–Kier alpha value is -2.48. The third-order valence-corrected chi connectivity index (χ3v) is 6.44. The smallest absolute Gasteiger partial charge is 0.410 e. The molecule has 7 heteroatoms. The molecule has 0 aliphatic carbocycles. The fraction of sp³-hybridized carbons (Fsp3) is 0.519. The Bertz CT molecular complexity index is 1040. The summed E-state index contributed by atoms with van der Waals surface area (Å²) in [6.45, 7) is 8.42. The zero-order chi connectivity index (χ0) is 24.5. The molecule has 2 aliphatic heterocycles. The fourth-order valence-corrected chi connectivity index (χ4v) is 4.85. The van der Waals surface area contributed by atoms with E-state index in [1.54, 1.807) is 11.0 Å². The van der Waals surface area contributed by atoms with Crippen molar-refractivity contribution in [2.24, 2.45) is 0 Å². The number of amides is 1. The van der Waals surface area contributed by atoms with E-state index in [-0.39, 0.29) is 12.4 Å². The molecule has 0 spiro atoms. The number of hydrogen-bond donors (Lipinski definition) is 1. The van der Waals surface area contributed by atoms with Crippen molar-refractivity contribution in [3.05, 3.63) is 59.4 Å². The topological polar surface area (TPSA) is 68.2 Å². The van der Waals surface area contributed by atoms with Crippen LogP contribution < -0.4 is 0 Å². The van der Waals surface area contributed by atoms with E-state index >= 15 is 4.39 Å². The lowest BCUT2D eigenvalue weighted by atomic mass is 9.80. The molecule has 184 valence electrons. The Morgan fingerprint density at radius 3 is 2.71 bits per heavy atom. The Morgan fingerprint density at radius 2 is 2.03 bits per heavy atom. The van der Waals surface area contributed by atoms with E-state index in [4.69, 9.17) is 14.2 Å². The van der Waals surface area contributed by atoms with Crippen LogP contribution in [0.4, 0.5) is 9.18 Å². The van der Waals surface area contributed by atoms with Crippen molar-refractivity contribution in [3.8, 4) is 11.1 Å². The molecule has 2 unspecified atom stereocenters. The Balaban J connectivity index is 1.76. The van der Waals surface area contributed by atoms with Crippen LogP contribution in [0.3, 0.4) is 0 Å². The number of carbonyl (C=O) groups excluding carboxylic acids is 1. The fourth-order valence-electron chi connectivity index (χ4n) is 4.85. The van der Waals surface area contributed by atoms with Gasteiger partial charge in [0.15, 0.2) is 6.29 Å². The van der Waals surface area contributed by atoms with Gasteiger partial charge in [0.05, 0.1) is 13.2 Å². The van der Waals surface area contributed by atoms with Gasteiger partial charge >= 0.3 is 6.09 Å². The minimum absolute atomic E-state index is 0.215. The van der Waals surface area contributed by atoms with E-state index < -0.39 is 29.7 Å². The quantitative estimate of drug-likeness (QED) is 0.679. The molecule has 2 aliphatic rings. The Morgan fingerprint density at radius 1 is 1.26 bits per heavy atom. The van der Waals surface area contributed by atoms with Crippen LogP contribution in [0.25, 0.3) is 11.1 Å². The number of carbonyl (C=O) groups is 1. The summed E-state index contributed by atoms with van der Waals surface area (Å²) in [4.78, 5) is 14.4. The molecule has 0 saturated carbocycles. The van der Waals surface area contributed by atoms with Crippen LogP contribution in [0.5, 0.6) is 0 Å². The predicted octanol–water partition coefficient (Wildman–Crippen LogP) is 5.02. The average molecular weight is 472 g/mol. The van der Waals surface area contributed by atoms with Crippen LogP contribution in [0.15, 0.2) is 42.5 Å². The zero-order valence-corrected chi connectivity index (χ0v) is 20.3. The van der Waals surface area contributed by atoms with E-state index in [9.17, 15) is 9.90 Å². The lowest BCUT2D eigenvalue weighted by Gasteiger charge is -2.43. The molecule has 2 saturated heterocycles. The lowest BCUT2D eigenvalue weighted by molar-refractivity contribution is -0.206. The van der Waals surface area contributed by atoms with Crippen molar-refractivity contribution in [1.29, 1.82) is 0 Å². The second-order valence-electron chi connectivity index (χ2n) is 10.0. The van der Waals surface area contributed by atoms with Gasteiger partial charge in [0.25, 0.3) is 0 Å². The standard InChI is InChI=1S/C27H34FNO5/c1-5-18-8-6-9-19(16-18)24-20(10-7-11-21(24)28)27(13-12-23(30)33-27)22-17-29(14-15-32-22)25(31)34-26(2,3)4/h6-11,16,22-23,30H,5,12-15,17H2,1-4H3/t22-,23?,27?/m1/s1. The SMILES string of the molecule is CCc1cccc(-c2c(F)cccc2C2([C@H]3CN(C(=O)OC(C)(C)C)CCO3)CCC(O)O2)c1.